The molecule has 1 aliphatic rings. The van der Waals surface area contributed by atoms with E-state index in [1.165, 1.54) is 0 Å². The smallest absolute Gasteiger partial charge is 0.308 e. The molecule has 0 bridgehead atoms. The molecule has 0 aromatic heterocycles. The second-order valence-corrected chi connectivity index (χ2v) is 7.96. The first-order valence-corrected chi connectivity index (χ1v) is 8.33. The lowest BCUT2D eigenvalue weighted by Crippen LogP contribution is -2.34. The summed E-state index contributed by atoms with van der Waals surface area (Å²) < 4.78 is 19.2. The van der Waals surface area contributed by atoms with Crippen molar-refractivity contribution < 1.29 is 14.2 Å². The van der Waals surface area contributed by atoms with Crippen LogP contribution < -0.4 is 9.83 Å². The molecule has 0 fully saturated rings. The average molecular weight is 288 g/mol. The van der Waals surface area contributed by atoms with Crippen LogP contribution in [-0.4, -0.2) is 10.4 Å². The van der Waals surface area contributed by atoms with Gasteiger partial charge in [0, 0.05) is 5.56 Å². The average Bonchev–Trinajstić information content (AvgIpc) is 2.47. The molecule has 2 aromatic carbocycles. The Bertz CT molecular complexity index is 706. The number of hydrogen-bond acceptors (Lipinski definition) is 3. The highest BCUT2D eigenvalue weighted by atomic mass is 31.2. The van der Waals surface area contributed by atoms with E-state index in [4.69, 9.17) is 4.52 Å². The molecule has 0 saturated carbocycles. The second-order valence-electron chi connectivity index (χ2n) is 5.23. The summed E-state index contributed by atoms with van der Waals surface area (Å²) in [6.07, 6.45) is 0.362. The fourth-order valence-corrected chi connectivity index (χ4v) is 4.94. The standard InChI is InChI=1S/C16H17O3P/c1-3-16(2,17)20(18)15-11-7-5-9-13(15)12-8-4-6-10-14(12)19-20/h4-11,17H,3H2,1-2H3. The van der Waals surface area contributed by atoms with E-state index in [0.29, 0.717) is 17.5 Å². The third-order valence-corrected chi connectivity index (χ3v) is 6.99. The number of hydrogen-bond donors (Lipinski definition) is 1. The zero-order valence-corrected chi connectivity index (χ0v) is 12.4. The van der Waals surface area contributed by atoms with Gasteiger partial charge >= 0.3 is 7.37 Å². The zero-order valence-electron chi connectivity index (χ0n) is 11.5. The van der Waals surface area contributed by atoms with Crippen LogP contribution in [0.15, 0.2) is 48.5 Å². The predicted molar refractivity (Wildman–Crippen MR) is 80.7 cm³/mol. The monoisotopic (exact) mass is 288 g/mol. The molecule has 104 valence electrons. The van der Waals surface area contributed by atoms with E-state index in [1.807, 2.05) is 43.3 Å². The van der Waals surface area contributed by atoms with Crippen LogP contribution in [0.5, 0.6) is 5.75 Å². The van der Waals surface area contributed by atoms with Gasteiger partial charge in [-0.2, -0.15) is 0 Å². The van der Waals surface area contributed by atoms with Crippen molar-refractivity contribution in [3.8, 4) is 16.9 Å². The molecule has 20 heavy (non-hydrogen) atoms. The molecule has 4 heteroatoms. The minimum atomic E-state index is -3.38. The Balaban J connectivity index is 2.32. The summed E-state index contributed by atoms with van der Waals surface area (Å²) in [6, 6.07) is 15.0. The van der Waals surface area contributed by atoms with Gasteiger partial charge in [-0.1, -0.05) is 43.3 Å². The van der Waals surface area contributed by atoms with Crippen molar-refractivity contribution in [3.63, 3.8) is 0 Å². The fraction of sp³-hybridized carbons (Fsp3) is 0.250. The van der Waals surface area contributed by atoms with Crippen LogP contribution in [-0.2, 0) is 4.57 Å². The molecule has 2 unspecified atom stereocenters. The first kappa shape index (κ1) is 13.4. The van der Waals surface area contributed by atoms with Crippen LogP contribution in [0.2, 0.25) is 0 Å². The second kappa shape index (κ2) is 4.47. The molecular weight excluding hydrogens is 271 g/mol. The third-order valence-electron chi connectivity index (χ3n) is 3.93. The number of rotatable bonds is 2. The van der Waals surface area contributed by atoms with E-state index in [9.17, 15) is 9.67 Å². The van der Waals surface area contributed by atoms with Crippen LogP contribution in [0.3, 0.4) is 0 Å². The largest absolute Gasteiger partial charge is 0.437 e. The van der Waals surface area contributed by atoms with Crippen molar-refractivity contribution in [3.05, 3.63) is 48.5 Å². The van der Waals surface area contributed by atoms with Crippen molar-refractivity contribution in [2.45, 2.75) is 25.6 Å². The minimum absolute atomic E-state index is 0.362. The van der Waals surface area contributed by atoms with Crippen molar-refractivity contribution in [1.82, 2.24) is 0 Å². The number of benzene rings is 2. The van der Waals surface area contributed by atoms with E-state index < -0.39 is 12.7 Å². The van der Waals surface area contributed by atoms with Gasteiger partial charge in [-0.05, 0) is 31.0 Å². The summed E-state index contributed by atoms with van der Waals surface area (Å²) in [5.74, 6) is 0.572. The van der Waals surface area contributed by atoms with Crippen LogP contribution in [0, 0.1) is 0 Å². The van der Waals surface area contributed by atoms with Gasteiger partial charge in [-0.25, -0.2) is 0 Å². The Kier molecular flexibility index (Phi) is 3.00. The van der Waals surface area contributed by atoms with Gasteiger partial charge in [0.25, 0.3) is 0 Å². The molecule has 1 aliphatic heterocycles. The quantitative estimate of drug-likeness (QED) is 0.856. The third kappa shape index (κ3) is 1.74. The highest BCUT2D eigenvalue weighted by Crippen LogP contribution is 2.62. The molecule has 0 aliphatic carbocycles. The lowest BCUT2D eigenvalue weighted by atomic mass is 10.0. The van der Waals surface area contributed by atoms with Crippen LogP contribution in [0.1, 0.15) is 20.3 Å². The zero-order chi connectivity index (χ0) is 14.4. The summed E-state index contributed by atoms with van der Waals surface area (Å²) >= 11 is 0. The molecule has 0 amide bonds. The van der Waals surface area contributed by atoms with Gasteiger partial charge in [-0.3, -0.25) is 4.57 Å². The first-order chi connectivity index (χ1) is 9.49. The molecule has 2 atom stereocenters. The summed E-state index contributed by atoms with van der Waals surface area (Å²) in [5.41, 5.74) is 1.80. The summed E-state index contributed by atoms with van der Waals surface area (Å²) in [6.45, 7) is 3.39. The van der Waals surface area contributed by atoms with E-state index >= 15 is 0 Å². The van der Waals surface area contributed by atoms with Gasteiger partial charge < -0.3 is 9.63 Å². The molecular formula is C16H17O3P. The first-order valence-electron chi connectivity index (χ1n) is 6.71. The SMILES string of the molecule is CCC(C)(O)P1(=O)Oc2ccccc2-c2ccccc21. The Hall–Kier alpha value is -1.57. The molecule has 2 aromatic rings. The van der Waals surface area contributed by atoms with Crippen molar-refractivity contribution in [2.75, 3.05) is 0 Å². The molecule has 0 spiro atoms. The predicted octanol–water partition coefficient (Wildman–Crippen LogP) is 3.77. The maximum absolute atomic E-state index is 13.4. The highest BCUT2D eigenvalue weighted by molar-refractivity contribution is 7.69. The normalized spacial score (nSPS) is 23.1. The van der Waals surface area contributed by atoms with Crippen LogP contribution in [0.25, 0.3) is 11.1 Å². The van der Waals surface area contributed by atoms with Crippen molar-refractivity contribution >= 4 is 12.7 Å². The van der Waals surface area contributed by atoms with Crippen molar-refractivity contribution in [1.29, 1.82) is 0 Å². The lowest BCUT2D eigenvalue weighted by molar-refractivity contribution is 0.128. The van der Waals surface area contributed by atoms with E-state index in [2.05, 4.69) is 0 Å². The van der Waals surface area contributed by atoms with Gasteiger partial charge in [0.05, 0.1) is 5.30 Å². The van der Waals surface area contributed by atoms with Gasteiger partial charge in [-0.15, -0.1) is 0 Å². The molecule has 1 N–H and O–H groups in total. The summed E-state index contributed by atoms with van der Waals surface area (Å²) in [4.78, 5) is 0. The number of aliphatic hydroxyl groups is 1. The van der Waals surface area contributed by atoms with Crippen LogP contribution >= 0.6 is 7.37 Å². The topological polar surface area (TPSA) is 46.5 Å². The highest BCUT2D eigenvalue weighted by Gasteiger charge is 2.49. The summed E-state index contributed by atoms with van der Waals surface area (Å²) in [5, 5.41) is 9.82. The Morgan fingerprint density at radius 3 is 2.40 bits per heavy atom. The van der Waals surface area contributed by atoms with E-state index in [-0.39, 0.29) is 0 Å². The fourth-order valence-electron chi connectivity index (χ4n) is 2.48. The van der Waals surface area contributed by atoms with Crippen molar-refractivity contribution in [2.24, 2.45) is 0 Å². The maximum atomic E-state index is 13.4. The molecule has 1 heterocycles. The molecule has 0 saturated heterocycles. The molecule has 3 nitrogen and oxygen atoms in total. The van der Waals surface area contributed by atoms with E-state index in [1.54, 1.807) is 19.1 Å². The summed E-state index contributed by atoms with van der Waals surface area (Å²) in [7, 11) is -3.38. The van der Waals surface area contributed by atoms with Gasteiger partial charge in [0.2, 0.25) is 0 Å². The Morgan fingerprint density at radius 2 is 1.70 bits per heavy atom. The lowest BCUT2D eigenvalue weighted by Gasteiger charge is -2.36. The Labute approximate surface area is 118 Å². The molecule has 3 rings (SSSR count). The van der Waals surface area contributed by atoms with Crippen LogP contribution in [0.4, 0.5) is 0 Å². The van der Waals surface area contributed by atoms with Gasteiger partial charge in [0.15, 0.2) is 5.34 Å². The number of fused-ring (bicyclic) bond motifs is 3. The number of para-hydroxylation sites is 1. The maximum Gasteiger partial charge on any atom is 0.308 e. The Morgan fingerprint density at radius 1 is 1.10 bits per heavy atom. The minimum Gasteiger partial charge on any atom is -0.437 e. The molecule has 0 radical (unpaired) electrons. The van der Waals surface area contributed by atoms with Gasteiger partial charge in [0.1, 0.15) is 5.75 Å². The van der Waals surface area contributed by atoms with E-state index in [0.717, 1.165) is 11.1 Å².